The monoisotopic (exact) mass is 302 g/mol. The van der Waals surface area contributed by atoms with Gasteiger partial charge in [-0.1, -0.05) is 6.42 Å². The van der Waals surface area contributed by atoms with Crippen LogP contribution in [0.2, 0.25) is 0 Å². The molecule has 0 amide bonds. The molecule has 2 N–H and O–H groups in total. The Hall–Kier alpha value is 0.580. The van der Waals surface area contributed by atoms with Crippen molar-refractivity contribution in [3.8, 4) is 0 Å². The van der Waals surface area contributed by atoms with Crippen molar-refractivity contribution >= 4 is 23.5 Å². The molecular weight excluding hydrogens is 276 g/mol. The highest BCUT2D eigenvalue weighted by atomic mass is 32.2. The van der Waals surface area contributed by atoms with E-state index in [1.807, 2.05) is 0 Å². The molecule has 3 nitrogen and oxygen atoms in total. The highest BCUT2D eigenvalue weighted by molar-refractivity contribution is 8.06. The lowest BCUT2D eigenvalue weighted by molar-refractivity contribution is 0.0526. The Kier molecular flexibility index (Phi) is 5.77. The summed E-state index contributed by atoms with van der Waals surface area (Å²) in [7, 11) is 0. The molecule has 0 aromatic rings. The summed E-state index contributed by atoms with van der Waals surface area (Å²) in [5.74, 6) is 4.79. The highest BCUT2D eigenvalue weighted by Gasteiger charge is 2.34. The number of nitrogens with one attached hydrogen (secondary N) is 2. The molecule has 4 atom stereocenters. The predicted molar refractivity (Wildman–Crippen MR) is 85.3 cm³/mol. The number of hydrogen-bond acceptors (Lipinski definition) is 5. The Bertz CT molecular complexity index is 268. The molecule has 0 aromatic carbocycles. The van der Waals surface area contributed by atoms with E-state index in [1.54, 1.807) is 0 Å². The van der Waals surface area contributed by atoms with Crippen LogP contribution in [0.25, 0.3) is 0 Å². The molecule has 0 aromatic heterocycles. The van der Waals surface area contributed by atoms with E-state index in [4.69, 9.17) is 4.74 Å². The van der Waals surface area contributed by atoms with Crippen LogP contribution in [0.3, 0.4) is 0 Å². The van der Waals surface area contributed by atoms with Crippen molar-refractivity contribution in [2.45, 2.75) is 36.6 Å². The van der Waals surface area contributed by atoms with Crippen LogP contribution in [-0.4, -0.2) is 60.9 Å². The second kappa shape index (κ2) is 7.55. The van der Waals surface area contributed by atoms with Crippen LogP contribution in [-0.2, 0) is 4.74 Å². The van der Waals surface area contributed by atoms with Gasteiger partial charge in [0.05, 0.1) is 13.2 Å². The van der Waals surface area contributed by atoms with Crippen LogP contribution >= 0.6 is 23.5 Å². The standard InChI is InChI=1S/C14H26N2OS2/c1-2-12(14-9-17-5-4-15-14)13(3-1)16-8-11-10-18-6-7-19-11/h11-16H,1-10H2. The van der Waals surface area contributed by atoms with E-state index in [-0.39, 0.29) is 0 Å². The van der Waals surface area contributed by atoms with Crippen molar-refractivity contribution in [3.63, 3.8) is 0 Å². The lowest BCUT2D eigenvalue weighted by Crippen LogP contribution is -2.51. The van der Waals surface area contributed by atoms with Gasteiger partial charge in [0.15, 0.2) is 0 Å². The SMILES string of the molecule is C1CC(NCC2CSCCS2)C(C2COCCN2)C1. The molecule has 5 heteroatoms. The van der Waals surface area contributed by atoms with Crippen molar-refractivity contribution in [2.75, 3.05) is 43.6 Å². The van der Waals surface area contributed by atoms with Crippen LogP contribution in [0.1, 0.15) is 19.3 Å². The number of thioether (sulfide) groups is 2. The molecule has 4 unspecified atom stereocenters. The Morgan fingerprint density at radius 3 is 3.05 bits per heavy atom. The summed E-state index contributed by atoms with van der Waals surface area (Å²) in [6, 6.07) is 1.30. The first kappa shape index (κ1) is 14.5. The van der Waals surface area contributed by atoms with Crippen molar-refractivity contribution < 1.29 is 4.74 Å². The summed E-state index contributed by atoms with van der Waals surface area (Å²) in [4.78, 5) is 0. The van der Waals surface area contributed by atoms with E-state index in [0.717, 1.165) is 30.9 Å². The number of ether oxygens (including phenoxy) is 1. The van der Waals surface area contributed by atoms with Gasteiger partial charge >= 0.3 is 0 Å². The van der Waals surface area contributed by atoms with Gasteiger partial charge in [-0.2, -0.15) is 23.5 Å². The lowest BCUT2D eigenvalue weighted by atomic mass is 9.94. The fourth-order valence-corrected chi connectivity index (χ4v) is 6.15. The van der Waals surface area contributed by atoms with E-state index >= 15 is 0 Å². The average molecular weight is 303 g/mol. The van der Waals surface area contributed by atoms with Gasteiger partial charge in [-0.05, 0) is 18.8 Å². The van der Waals surface area contributed by atoms with Gasteiger partial charge in [-0.3, -0.25) is 0 Å². The van der Waals surface area contributed by atoms with Crippen molar-refractivity contribution in [2.24, 2.45) is 5.92 Å². The van der Waals surface area contributed by atoms with Crippen LogP contribution in [0.15, 0.2) is 0 Å². The van der Waals surface area contributed by atoms with Gasteiger partial charge in [0, 0.05) is 47.7 Å². The van der Waals surface area contributed by atoms with Gasteiger partial charge in [0.25, 0.3) is 0 Å². The van der Waals surface area contributed by atoms with Gasteiger partial charge in [-0.15, -0.1) is 0 Å². The maximum atomic E-state index is 5.64. The number of hydrogen-bond donors (Lipinski definition) is 2. The van der Waals surface area contributed by atoms with E-state index in [1.165, 1.54) is 43.1 Å². The summed E-state index contributed by atoms with van der Waals surface area (Å²) < 4.78 is 5.64. The molecule has 3 aliphatic rings. The van der Waals surface area contributed by atoms with E-state index in [0.29, 0.717) is 12.1 Å². The van der Waals surface area contributed by atoms with Gasteiger partial charge < -0.3 is 15.4 Å². The van der Waals surface area contributed by atoms with Gasteiger partial charge in [0.2, 0.25) is 0 Å². The zero-order valence-corrected chi connectivity index (χ0v) is 13.2. The summed E-state index contributed by atoms with van der Waals surface area (Å²) in [5.41, 5.74) is 0. The van der Waals surface area contributed by atoms with E-state index in [9.17, 15) is 0 Å². The van der Waals surface area contributed by atoms with Crippen molar-refractivity contribution in [3.05, 3.63) is 0 Å². The summed E-state index contributed by atoms with van der Waals surface area (Å²) in [5, 5.41) is 8.35. The first-order valence-corrected chi connectivity index (χ1v) is 9.87. The first-order valence-electron chi connectivity index (χ1n) is 7.67. The third kappa shape index (κ3) is 4.03. The lowest BCUT2D eigenvalue weighted by Gasteiger charge is -2.34. The zero-order valence-electron chi connectivity index (χ0n) is 11.6. The second-order valence-corrected chi connectivity index (χ2v) is 8.37. The maximum absolute atomic E-state index is 5.64. The smallest absolute Gasteiger partial charge is 0.0623 e. The van der Waals surface area contributed by atoms with E-state index < -0.39 is 0 Å². The Morgan fingerprint density at radius 1 is 1.26 bits per heavy atom. The summed E-state index contributed by atoms with van der Waals surface area (Å²) >= 11 is 4.28. The van der Waals surface area contributed by atoms with Crippen molar-refractivity contribution in [1.29, 1.82) is 0 Å². The molecule has 110 valence electrons. The van der Waals surface area contributed by atoms with Crippen LogP contribution in [0.4, 0.5) is 0 Å². The van der Waals surface area contributed by atoms with Crippen LogP contribution < -0.4 is 10.6 Å². The molecule has 0 bridgehead atoms. The zero-order chi connectivity index (χ0) is 12.9. The molecule has 0 radical (unpaired) electrons. The number of rotatable bonds is 4. The largest absolute Gasteiger partial charge is 0.379 e. The minimum atomic E-state index is 0.585. The second-order valence-electron chi connectivity index (χ2n) is 5.81. The third-order valence-corrected chi connectivity index (χ3v) is 7.37. The fraction of sp³-hybridized carbons (Fsp3) is 1.00. The third-order valence-electron chi connectivity index (χ3n) is 4.53. The first-order chi connectivity index (χ1) is 9.43. The minimum Gasteiger partial charge on any atom is -0.379 e. The molecule has 3 fully saturated rings. The highest BCUT2D eigenvalue weighted by Crippen LogP contribution is 2.30. The van der Waals surface area contributed by atoms with Crippen molar-refractivity contribution in [1.82, 2.24) is 10.6 Å². The molecule has 1 saturated carbocycles. The Labute approximate surface area is 125 Å². The van der Waals surface area contributed by atoms with Crippen LogP contribution in [0, 0.1) is 5.92 Å². The summed E-state index contributed by atoms with van der Waals surface area (Å²) in [6.45, 7) is 4.03. The molecule has 0 spiro atoms. The van der Waals surface area contributed by atoms with E-state index in [2.05, 4.69) is 34.2 Å². The quantitative estimate of drug-likeness (QED) is 0.824. The summed E-state index contributed by atoms with van der Waals surface area (Å²) in [6.07, 6.45) is 4.10. The minimum absolute atomic E-state index is 0.585. The van der Waals surface area contributed by atoms with Crippen LogP contribution in [0.5, 0.6) is 0 Å². The fourth-order valence-electron chi connectivity index (χ4n) is 3.52. The van der Waals surface area contributed by atoms with Gasteiger partial charge in [-0.25, -0.2) is 0 Å². The molecule has 1 aliphatic carbocycles. The Balaban J connectivity index is 1.45. The molecule has 2 saturated heterocycles. The normalized spacial score (nSPS) is 40.4. The predicted octanol–water partition coefficient (Wildman–Crippen LogP) is 1.58. The maximum Gasteiger partial charge on any atom is 0.0623 e. The van der Waals surface area contributed by atoms with Gasteiger partial charge in [0.1, 0.15) is 0 Å². The number of morpholine rings is 1. The molecule has 3 rings (SSSR count). The molecule has 19 heavy (non-hydrogen) atoms. The molecular formula is C14H26N2OS2. The average Bonchev–Trinajstić information content (AvgIpc) is 2.95. The topological polar surface area (TPSA) is 33.3 Å². The molecule has 2 aliphatic heterocycles. The molecule has 2 heterocycles. The Morgan fingerprint density at radius 2 is 2.26 bits per heavy atom.